The van der Waals surface area contributed by atoms with Crippen LogP contribution in [0.3, 0.4) is 0 Å². The van der Waals surface area contributed by atoms with Crippen LogP contribution >= 0.6 is 0 Å². The molecule has 0 atom stereocenters. The van der Waals surface area contributed by atoms with Gasteiger partial charge >= 0.3 is 0 Å². The Hall–Kier alpha value is -4.25. The SMILES string of the molecule is CCn1c2ccc(O)cc2c2cc(O)cc(/C=N/N(c3ccccc3)c3ccccc3)c21. The van der Waals surface area contributed by atoms with Crippen molar-refractivity contribution >= 4 is 39.4 Å². The van der Waals surface area contributed by atoms with Crippen molar-refractivity contribution in [1.29, 1.82) is 0 Å². The molecule has 5 nitrogen and oxygen atoms in total. The lowest BCUT2D eigenvalue weighted by Crippen LogP contribution is -2.09. The summed E-state index contributed by atoms with van der Waals surface area (Å²) in [6.45, 7) is 2.83. The van der Waals surface area contributed by atoms with Gasteiger partial charge in [0.25, 0.3) is 0 Å². The molecule has 0 fully saturated rings. The Bertz CT molecular complexity index is 1380. The minimum absolute atomic E-state index is 0.156. The first kappa shape index (κ1) is 19.7. The van der Waals surface area contributed by atoms with Gasteiger partial charge in [-0.25, -0.2) is 5.01 Å². The lowest BCUT2D eigenvalue weighted by molar-refractivity contribution is 0.475. The number of para-hydroxylation sites is 2. The Morgan fingerprint density at radius 3 is 2.03 bits per heavy atom. The molecule has 0 aliphatic rings. The largest absolute Gasteiger partial charge is 0.508 e. The molecule has 1 heterocycles. The average Bonchev–Trinajstić information content (AvgIpc) is 3.13. The minimum atomic E-state index is 0.156. The van der Waals surface area contributed by atoms with Crippen molar-refractivity contribution in [3.63, 3.8) is 0 Å². The van der Waals surface area contributed by atoms with Crippen LogP contribution in [0.4, 0.5) is 11.4 Å². The second-order valence-corrected chi connectivity index (χ2v) is 7.60. The van der Waals surface area contributed by atoms with Crippen LogP contribution in [0.5, 0.6) is 11.5 Å². The maximum absolute atomic E-state index is 10.5. The zero-order valence-electron chi connectivity index (χ0n) is 17.7. The van der Waals surface area contributed by atoms with Crippen molar-refractivity contribution in [3.05, 3.63) is 96.6 Å². The van der Waals surface area contributed by atoms with Crippen LogP contribution in [0, 0.1) is 0 Å². The third-order valence-corrected chi connectivity index (χ3v) is 5.59. The van der Waals surface area contributed by atoms with Crippen molar-refractivity contribution < 1.29 is 10.2 Å². The Kier molecular flexibility index (Phi) is 5.00. The van der Waals surface area contributed by atoms with Crippen LogP contribution in [0.2, 0.25) is 0 Å². The predicted octanol–water partition coefficient (Wildman–Crippen LogP) is 6.40. The molecule has 0 spiro atoms. The molecule has 158 valence electrons. The maximum atomic E-state index is 10.5. The number of benzene rings is 4. The molecular weight excluding hydrogens is 398 g/mol. The van der Waals surface area contributed by atoms with Crippen LogP contribution < -0.4 is 5.01 Å². The summed E-state index contributed by atoms with van der Waals surface area (Å²) in [6, 6.07) is 28.7. The Morgan fingerprint density at radius 2 is 1.41 bits per heavy atom. The molecule has 0 aliphatic carbocycles. The van der Waals surface area contributed by atoms with E-state index in [4.69, 9.17) is 5.10 Å². The molecule has 4 aromatic carbocycles. The minimum Gasteiger partial charge on any atom is -0.508 e. The molecule has 0 unspecified atom stereocenters. The molecule has 0 bridgehead atoms. The van der Waals surface area contributed by atoms with Crippen molar-refractivity contribution in [2.45, 2.75) is 13.5 Å². The molecule has 0 amide bonds. The Labute approximate surface area is 186 Å². The van der Waals surface area contributed by atoms with Gasteiger partial charge in [0.15, 0.2) is 0 Å². The van der Waals surface area contributed by atoms with Gasteiger partial charge in [0.05, 0.1) is 23.1 Å². The van der Waals surface area contributed by atoms with Crippen LogP contribution in [-0.2, 0) is 6.54 Å². The highest BCUT2D eigenvalue weighted by Crippen LogP contribution is 2.35. The number of phenolic OH excluding ortho intramolecular Hbond substituents is 2. The van der Waals surface area contributed by atoms with Crippen molar-refractivity contribution in [1.82, 2.24) is 4.57 Å². The van der Waals surface area contributed by atoms with E-state index in [-0.39, 0.29) is 11.5 Å². The number of hydrogen-bond acceptors (Lipinski definition) is 4. The fourth-order valence-corrected chi connectivity index (χ4v) is 4.21. The lowest BCUT2D eigenvalue weighted by atomic mass is 10.1. The fourth-order valence-electron chi connectivity index (χ4n) is 4.21. The zero-order valence-corrected chi connectivity index (χ0v) is 17.7. The first-order valence-electron chi connectivity index (χ1n) is 10.6. The van der Waals surface area contributed by atoms with E-state index < -0.39 is 0 Å². The van der Waals surface area contributed by atoms with E-state index in [0.717, 1.165) is 45.3 Å². The number of anilines is 2. The summed E-state index contributed by atoms with van der Waals surface area (Å²) in [5.74, 6) is 0.356. The van der Waals surface area contributed by atoms with E-state index in [1.54, 1.807) is 30.5 Å². The van der Waals surface area contributed by atoms with Gasteiger partial charge in [0, 0.05) is 28.4 Å². The number of aromatic nitrogens is 1. The molecule has 2 N–H and O–H groups in total. The van der Waals surface area contributed by atoms with Crippen LogP contribution in [0.15, 0.2) is 96.1 Å². The zero-order chi connectivity index (χ0) is 22.1. The quantitative estimate of drug-likeness (QED) is 0.255. The molecule has 0 saturated carbocycles. The fraction of sp³-hybridized carbons (Fsp3) is 0.0741. The second-order valence-electron chi connectivity index (χ2n) is 7.60. The van der Waals surface area contributed by atoms with Gasteiger partial charge in [-0.2, -0.15) is 5.10 Å². The smallest absolute Gasteiger partial charge is 0.117 e. The summed E-state index contributed by atoms with van der Waals surface area (Å²) < 4.78 is 2.18. The maximum Gasteiger partial charge on any atom is 0.117 e. The van der Waals surface area contributed by atoms with Crippen LogP contribution in [0.1, 0.15) is 12.5 Å². The molecular formula is C27H23N3O2. The molecule has 5 aromatic rings. The predicted molar refractivity (Wildman–Crippen MR) is 131 cm³/mol. The number of rotatable bonds is 5. The first-order chi connectivity index (χ1) is 15.7. The average molecular weight is 422 g/mol. The summed E-state index contributed by atoms with van der Waals surface area (Å²) in [7, 11) is 0. The van der Waals surface area contributed by atoms with E-state index in [0.29, 0.717) is 0 Å². The highest BCUT2D eigenvalue weighted by atomic mass is 16.3. The summed E-state index contributed by atoms with van der Waals surface area (Å²) in [6.07, 6.45) is 1.78. The Morgan fingerprint density at radius 1 is 0.781 bits per heavy atom. The lowest BCUT2D eigenvalue weighted by Gasteiger charge is -2.19. The van der Waals surface area contributed by atoms with E-state index in [1.165, 1.54) is 0 Å². The molecule has 5 rings (SSSR count). The summed E-state index contributed by atoms with van der Waals surface area (Å²) in [4.78, 5) is 0. The van der Waals surface area contributed by atoms with Crippen molar-refractivity contribution in [2.24, 2.45) is 5.10 Å². The van der Waals surface area contributed by atoms with Gasteiger partial charge in [-0.3, -0.25) is 0 Å². The summed E-state index contributed by atoms with van der Waals surface area (Å²) >= 11 is 0. The van der Waals surface area contributed by atoms with Gasteiger partial charge in [0.2, 0.25) is 0 Å². The number of fused-ring (bicyclic) bond motifs is 3. The molecule has 0 saturated heterocycles. The number of aromatic hydroxyl groups is 2. The number of hydrogen-bond donors (Lipinski definition) is 2. The number of aryl methyl sites for hydroxylation is 1. The molecule has 0 aliphatic heterocycles. The van der Waals surface area contributed by atoms with E-state index in [1.807, 2.05) is 71.7 Å². The van der Waals surface area contributed by atoms with Crippen LogP contribution in [-0.4, -0.2) is 21.0 Å². The van der Waals surface area contributed by atoms with Gasteiger partial charge in [0.1, 0.15) is 11.5 Å². The highest BCUT2D eigenvalue weighted by Gasteiger charge is 2.15. The molecule has 5 heteroatoms. The summed E-state index contributed by atoms with van der Waals surface area (Å²) in [5.41, 5.74) is 4.65. The molecule has 1 aromatic heterocycles. The van der Waals surface area contributed by atoms with Gasteiger partial charge < -0.3 is 14.8 Å². The Balaban J connectivity index is 1.71. The topological polar surface area (TPSA) is 61.0 Å². The van der Waals surface area contributed by atoms with Gasteiger partial charge in [-0.05, 0) is 61.5 Å². The monoisotopic (exact) mass is 421 g/mol. The van der Waals surface area contributed by atoms with E-state index in [2.05, 4.69) is 11.5 Å². The normalized spacial score (nSPS) is 11.5. The highest BCUT2D eigenvalue weighted by molar-refractivity contribution is 6.14. The standard InChI is InChI=1S/C27H23N3O2/c1-2-29-26-14-13-22(31)16-24(26)25-17-23(32)15-19(27(25)29)18-28-30(20-9-5-3-6-10-20)21-11-7-4-8-12-21/h3-18,31-32H,2H2,1H3/b28-18+. The van der Waals surface area contributed by atoms with Crippen molar-refractivity contribution in [3.8, 4) is 11.5 Å². The molecule has 32 heavy (non-hydrogen) atoms. The second kappa shape index (κ2) is 8.12. The van der Waals surface area contributed by atoms with E-state index >= 15 is 0 Å². The number of hydrazone groups is 1. The third kappa shape index (κ3) is 3.44. The van der Waals surface area contributed by atoms with E-state index in [9.17, 15) is 10.2 Å². The van der Waals surface area contributed by atoms with Crippen LogP contribution in [0.25, 0.3) is 21.8 Å². The first-order valence-corrected chi connectivity index (χ1v) is 10.6. The van der Waals surface area contributed by atoms with Gasteiger partial charge in [-0.1, -0.05) is 36.4 Å². The van der Waals surface area contributed by atoms with Gasteiger partial charge in [-0.15, -0.1) is 0 Å². The number of nitrogens with zero attached hydrogens (tertiary/aromatic N) is 3. The molecule has 0 radical (unpaired) electrons. The number of phenols is 2. The van der Waals surface area contributed by atoms with Crippen molar-refractivity contribution in [2.75, 3.05) is 5.01 Å². The summed E-state index contributed by atoms with van der Waals surface area (Å²) in [5, 5.41) is 29.0. The third-order valence-electron chi connectivity index (χ3n) is 5.59.